The van der Waals surface area contributed by atoms with Crippen LogP contribution in [-0.2, 0) is 16.8 Å². The molecule has 4 nitrogen and oxygen atoms in total. The first-order chi connectivity index (χ1) is 9.58. The van der Waals surface area contributed by atoms with Crippen LogP contribution in [0.4, 0.5) is 5.82 Å². The molecule has 1 aromatic heterocycles. The summed E-state index contributed by atoms with van der Waals surface area (Å²) in [4.78, 5) is 9.55. The third kappa shape index (κ3) is 3.29. The van der Waals surface area contributed by atoms with E-state index in [-0.39, 0.29) is 5.60 Å². The summed E-state index contributed by atoms with van der Waals surface area (Å²) >= 11 is 0. The molecule has 0 unspecified atom stereocenters. The molecular weight excluding hydrogens is 250 g/mol. The highest BCUT2D eigenvalue weighted by molar-refractivity contribution is 5.46. The van der Waals surface area contributed by atoms with Gasteiger partial charge in [0.25, 0.3) is 0 Å². The quantitative estimate of drug-likeness (QED) is 0.785. The van der Waals surface area contributed by atoms with Crippen molar-refractivity contribution in [2.45, 2.75) is 66.4 Å². The maximum atomic E-state index is 6.03. The van der Waals surface area contributed by atoms with Crippen LogP contribution in [0.3, 0.4) is 0 Å². The van der Waals surface area contributed by atoms with Gasteiger partial charge in [0.1, 0.15) is 11.4 Å². The van der Waals surface area contributed by atoms with Crippen molar-refractivity contribution in [3.05, 3.63) is 17.1 Å². The zero-order chi connectivity index (χ0) is 15.2. The maximum Gasteiger partial charge on any atom is 0.162 e. The molecule has 0 spiro atoms. The Bertz CT molecular complexity index is 428. The van der Waals surface area contributed by atoms with Crippen LogP contribution >= 0.6 is 0 Å². The number of aryl methyl sites for hydroxylation is 1. The zero-order valence-electron chi connectivity index (χ0n) is 13.8. The van der Waals surface area contributed by atoms with Crippen LogP contribution in [-0.4, -0.2) is 23.1 Å². The van der Waals surface area contributed by atoms with E-state index in [0.717, 1.165) is 48.7 Å². The fraction of sp³-hybridized carbons (Fsp3) is 0.750. The fourth-order valence-corrected chi connectivity index (χ4v) is 2.56. The van der Waals surface area contributed by atoms with E-state index in [9.17, 15) is 0 Å². The van der Waals surface area contributed by atoms with Crippen molar-refractivity contribution in [2.75, 3.05) is 18.5 Å². The Kier molecular flexibility index (Phi) is 6.40. The first kappa shape index (κ1) is 16.9. The number of nitrogens with zero attached hydrogens (tertiary/aromatic N) is 2. The number of aromatic nitrogens is 2. The molecule has 0 radical (unpaired) electrons. The van der Waals surface area contributed by atoms with E-state index in [1.165, 1.54) is 0 Å². The van der Waals surface area contributed by atoms with Crippen LogP contribution in [0.25, 0.3) is 0 Å². The first-order valence-electron chi connectivity index (χ1n) is 7.84. The highest BCUT2D eigenvalue weighted by Crippen LogP contribution is 2.32. The number of anilines is 1. The van der Waals surface area contributed by atoms with Gasteiger partial charge in [0.2, 0.25) is 0 Å². The Hall–Kier alpha value is -1.16. The van der Waals surface area contributed by atoms with E-state index in [2.05, 4.69) is 39.9 Å². The smallest absolute Gasteiger partial charge is 0.162 e. The standard InChI is InChI=1S/C16H29N3O/c1-7-13-12(6)14(17-10-4)19-15(18-13)16(8-2,9-3)20-11-5/h7-11H2,1-6H3,(H,17,18,19). The number of hydrogen-bond acceptors (Lipinski definition) is 4. The highest BCUT2D eigenvalue weighted by Gasteiger charge is 2.33. The number of hydrogen-bond donors (Lipinski definition) is 1. The summed E-state index contributed by atoms with van der Waals surface area (Å²) in [6.07, 6.45) is 2.68. The second kappa shape index (κ2) is 7.58. The second-order valence-corrected chi connectivity index (χ2v) is 4.99. The summed E-state index contributed by atoms with van der Waals surface area (Å²) in [6, 6.07) is 0. The van der Waals surface area contributed by atoms with Gasteiger partial charge in [-0.1, -0.05) is 20.8 Å². The molecular formula is C16H29N3O. The van der Waals surface area contributed by atoms with Gasteiger partial charge >= 0.3 is 0 Å². The lowest BCUT2D eigenvalue weighted by Gasteiger charge is -2.31. The Balaban J connectivity index is 3.38. The topological polar surface area (TPSA) is 47.0 Å². The predicted octanol–water partition coefficient (Wildman–Crippen LogP) is 3.83. The van der Waals surface area contributed by atoms with Crippen molar-refractivity contribution in [2.24, 2.45) is 0 Å². The fourth-order valence-electron chi connectivity index (χ4n) is 2.56. The van der Waals surface area contributed by atoms with Crippen LogP contribution in [0.5, 0.6) is 0 Å². The molecule has 0 aliphatic heterocycles. The molecule has 1 N–H and O–H groups in total. The summed E-state index contributed by atoms with van der Waals surface area (Å²) in [7, 11) is 0. The van der Waals surface area contributed by atoms with Crippen LogP contribution in [0.2, 0.25) is 0 Å². The molecule has 1 rings (SSSR count). The van der Waals surface area contributed by atoms with Crippen LogP contribution in [0, 0.1) is 6.92 Å². The molecule has 0 amide bonds. The van der Waals surface area contributed by atoms with Crippen molar-refractivity contribution in [1.82, 2.24) is 9.97 Å². The number of nitrogens with one attached hydrogen (secondary N) is 1. The van der Waals surface area contributed by atoms with Crippen LogP contribution < -0.4 is 5.32 Å². The number of rotatable bonds is 8. The van der Waals surface area contributed by atoms with E-state index in [4.69, 9.17) is 14.7 Å². The van der Waals surface area contributed by atoms with Gasteiger partial charge in [0, 0.05) is 24.4 Å². The summed E-state index contributed by atoms with van der Waals surface area (Å²) in [5, 5.41) is 3.35. The van der Waals surface area contributed by atoms with E-state index >= 15 is 0 Å². The van der Waals surface area contributed by atoms with Gasteiger partial charge in [-0.2, -0.15) is 0 Å². The molecule has 0 atom stereocenters. The van der Waals surface area contributed by atoms with Gasteiger partial charge in [-0.3, -0.25) is 0 Å². The third-order valence-corrected chi connectivity index (χ3v) is 3.90. The molecule has 0 aliphatic rings. The van der Waals surface area contributed by atoms with E-state index < -0.39 is 0 Å². The van der Waals surface area contributed by atoms with E-state index in [0.29, 0.717) is 6.61 Å². The molecule has 0 aliphatic carbocycles. The van der Waals surface area contributed by atoms with Crippen molar-refractivity contribution >= 4 is 5.82 Å². The molecule has 1 heterocycles. The predicted molar refractivity (Wildman–Crippen MR) is 84.2 cm³/mol. The van der Waals surface area contributed by atoms with Crippen LogP contribution in [0.15, 0.2) is 0 Å². The molecule has 0 aromatic carbocycles. The SMILES string of the molecule is CCNc1nc(C(CC)(CC)OCC)nc(CC)c1C. The molecule has 0 saturated heterocycles. The molecule has 4 heteroatoms. The Labute approximate surface area is 123 Å². The minimum Gasteiger partial charge on any atom is -0.370 e. The Morgan fingerprint density at radius 2 is 1.70 bits per heavy atom. The third-order valence-electron chi connectivity index (χ3n) is 3.90. The lowest BCUT2D eigenvalue weighted by Crippen LogP contribution is -2.32. The summed E-state index contributed by atoms with van der Waals surface area (Å²) < 4.78 is 6.03. The van der Waals surface area contributed by atoms with Gasteiger partial charge in [-0.05, 0) is 40.0 Å². The zero-order valence-corrected chi connectivity index (χ0v) is 13.8. The second-order valence-electron chi connectivity index (χ2n) is 4.99. The van der Waals surface area contributed by atoms with Crippen molar-refractivity contribution in [3.8, 4) is 0 Å². The summed E-state index contributed by atoms with van der Waals surface area (Å²) in [5.41, 5.74) is 1.89. The molecule has 0 saturated carbocycles. The average molecular weight is 279 g/mol. The summed E-state index contributed by atoms with van der Waals surface area (Å²) in [5.74, 6) is 1.77. The first-order valence-corrected chi connectivity index (χ1v) is 7.84. The average Bonchev–Trinajstić information content (AvgIpc) is 2.47. The maximum absolute atomic E-state index is 6.03. The highest BCUT2D eigenvalue weighted by atomic mass is 16.5. The van der Waals surface area contributed by atoms with Crippen molar-refractivity contribution < 1.29 is 4.74 Å². The van der Waals surface area contributed by atoms with Gasteiger partial charge < -0.3 is 10.1 Å². The normalized spacial score (nSPS) is 11.7. The monoisotopic (exact) mass is 279 g/mol. The van der Waals surface area contributed by atoms with E-state index in [1.54, 1.807) is 0 Å². The summed E-state index contributed by atoms with van der Waals surface area (Å²) in [6.45, 7) is 14.2. The molecule has 1 aromatic rings. The molecule has 20 heavy (non-hydrogen) atoms. The molecule has 0 bridgehead atoms. The van der Waals surface area contributed by atoms with Crippen LogP contribution in [0.1, 0.15) is 64.5 Å². The van der Waals surface area contributed by atoms with Gasteiger partial charge in [0.15, 0.2) is 5.82 Å². The molecule has 0 fully saturated rings. The lowest BCUT2D eigenvalue weighted by atomic mass is 9.95. The Morgan fingerprint density at radius 1 is 1.05 bits per heavy atom. The van der Waals surface area contributed by atoms with Crippen molar-refractivity contribution in [3.63, 3.8) is 0 Å². The van der Waals surface area contributed by atoms with E-state index in [1.807, 2.05) is 6.92 Å². The van der Waals surface area contributed by atoms with Crippen molar-refractivity contribution in [1.29, 1.82) is 0 Å². The molecule has 114 valence electrons. The van der Waals surface area contributed by atoms with Gasteiger partial charge in [0.05, 0.1) is 0 Å². The van der Waals surface area contributed by atoms with Gasteiger partial charge in [-0.15, -0.1) is 0 Å². The minimum atomic E-state index is -0.365. The minimum absolute atomic E-state index is 0.365. The lowest BCUT2D eigenvalue weighted by molar-refractivity contribution is -0.0572. The van der Waals surface area contributed by atoms with Gasteiger partial charge in [-0.25, -0.2) is 9.97 Å². The Morgan fingerprint density at radius 3 is 2.15 bits per heavy atom. The number of ether oxygens (including phenoxy) is 1. The largest absolute Gasteiger partial charge is 0.370 e.